The van der Waals surface area contributed by atoms with Crippen molar-refractivity contribution < 1.29 is 4.79 Å². The van der Waals surface area contributed by atoms with Crippen LogP contribution >= 0.6 is 12.4 Å². The fraction of sp³-hybridized carbons (Fsp3) is 0.667. The lowest BCUT2D eigenvalue weighted by Crippen LogP contribution is -2.49. The Balaban J connectivity index is 0.00000289. The smallest absolute Gasteiger partial charge is 0.254 e. The van der Waals surface area contributed by atoms with Gasteiger partial charge in [-0.05, 0) is 19.8 Å². The Hall–Kier alpha value is -1.07. The molecule has 1 amide bonds. The molecule has 5 nitrogen and oxygen atoms in total. The molecule has 0 spiro atoms. The number of halogens is 1. The number of nitrogens with two attached hydrogens (primary N) is 1. The lowest BCUT2D eigenvalue weighted by atomic mass is 9.94. The highest BCUT2D eigenvalue weighted by Gasteiger charge is 2.21. The van der Waals surface area contributed by atoms with Crippen LogP contribution in [0.25, 0.3) is 0 Å². The van der Waals surface area contributed by atoms with Crippen LogP contribution in [0.5, 0.6) is 0 Å². The van der Waals surface area contributed by atoms with E-state index in [1.54, 1.807) is 17.1 Å². The van der Waals surface area contributed by atoms with Gasteiger partial charge in [0.1, 0.15) is 0 Å². The van der Waals surface area contributed by atoms with Crippen LogP contribution < -0.4 is 11.1 Å². The van der Waals surface area contributed by atoms with Crippen molar-refractivity contribution >= 4 is 18.3 Å². The van der Waals surface area contributed by atoms with Gasteiger partial charge in [-0.1, -0.05) is 13.8 Å². The number of carbonyl (C=O) groups excluding carboxylic acids is 1. The lowest BCUT2D eigenvalue weighted by molar-refractivity contribution is 0.0942. The zero-order valence-electron chi connectivity index (χ0n) is 11.3. The second-order valence-corrected chi connectivity index (χ2v) is 4.34. The van der Waals surface area contributed by atoms with Crippen LogP contribution in [0.4, 0.5) is 0 Å². The second-order valence-electron chi connectivity index (χ2n) is 4.34. The highest BCUT2D eigenvalue weighted by molar-refractivity contribution is 5.93. The summed E-state index contributed by atoms with van der Waals surface area (Å²) in [4.78, 5) is 11.8. The van der Waals surface area contributed by atoms with Crippen LogP contribution in [0.15, 0.2) is 12.4 Å². The van der Waals surface area contributed by atoms with E-state index >= 15 is 0 Å². The van der Waals surface area contributed by atoms with Crippen molar-refractivity contribution in [2.75, 3.05) is 6.54 Å². The Morgan fingerprint density at radius 1 is 1.44 bits per heavy atom. The van der Waals surface area contributed by atoms with E-state index in [-0.39, 0.29) is 23.9 Å². The number of carbonyl (C=O) groups is 1. The number of rotatable bonds is 6. The average Bonchev–Trinajstić information content (AvgIpc) is 2.84. The van der Waals surface area contributed by atoms with Crippen molar-refractivity contribution in [2.45, 2.75) is 45.7 Å². The lowest BCUT2D eigenvalue weighted by Gasteiger charge is -2.26. The van der Waals surface area contributed by atoms with E-state index in [4.69, 9.17) is 5.73 Å². The van der Waals surface area contributed by atoms with Gasteiger partial charge in [-0.25, -0.2) is 0 Å². The standard InChI is InChI=1S/C12H22N4O.ClH/c1-4-12(13,5-2)9-14-11(17)10-7-15-16(6-3)8-10;/h7-8H,4-6,9,13H2,1-3H3,(H,14,17);1H. The van der Waals surface area contributed by atoms with E-state index in [1.807, 2.05) is 20.8 Å². The number of amides is 1. The van der Waals surface area contributed by atoms with Crippen LogP contribution in [-0.2, 0) is 6.54 Å². The van der Waals surface area contributed by atoms with Crippen molar-refractivity contribution in [2.24, 2.45) is 5.73 Å². The van der Waals surface area contributed by atoms with Gasteiger partial charge in [0, 0.05) is 24.8 Å². The van der Waals surface area contributed by atoms with E-state index in [1.165, 1.54) is 0 Å². The first-order valence-corrected chi connectivity index (χ1v) is 6.14. The predicted octanol–water partition coefficient (Wildman–Crippen LogP) is 1.57. The molecule has 1 aromatic rings. The molecule has 0 aliphatic carbocycles. The molecular formula is C12H23ClN4O. The van der Waals surface area contributed by atoms with Gasteiger partial charge in [-0.3, -0.25) is 9.48 Å². The summed E-state index contributed by atoms with van der Waals surface area (Å²) in [6.07, 6.45) is 5.01. The molecule has 1 rings (SSSR count). The highest BCUT2D eigenvalue weighted by Crippen LogP contribution is 2.09. The van der Waals surface area contributed by atoms with Crippen LogP contribution in [0.3, 0.4) is 0 Å². The van der Waals surface area contributed by atoms with Gasteiger partial charge in [0.2, 0.25) is 0 Å². The minimum atomic E-state index is -0.309. The maximum Gasteiger partial charge on any atom is 0.254 e. The van der Waals surface area contributed by atoms with E-state index in [9.17, 15) is 4.79 Å². The van der Waals surface area contributed by atoms with Crippen molar-refractivity contribution in [1.82, 2.24) is 15.1 Å². The Labute approximate surface area is 115 Å². The Morgan fingerprint density at radius 2 is 2.06 bits per heavy atom. The summed E-state index contributed by atoms with van der Waals surface area (Å²) in [7, 11) is 0. The molecule has 18 heavy (non-hydrogen) atoms. The van der Waals surface area contributed by atoms with Crippen molar-refractivity contribution in [3.63, 3.8) is 0 Å². The summed E-state index contributed by atoms with van der Waals surface area (Å²) in [5, 5.41) is 6.93. The molecule has 1 heterocycles. The first-order chi connectivity index (χ1) is 8.04. The van der Waals surface area contributed by atoms with E-state index in [0.29, 0.717) is 12.1 Å². The number of aromatic nitrogens is 2. The summed E-state index contributed by atoms with van der Waals surface area (Å²) in [6, 6.07) is 0. The summed E-state index contributed by atoms with van der Waals surface area (Å²) in [5.74, 6) is -0.110. The second kappa shape index (κ2) is 7.38. The Bertz CT molecular complexity index is 374. The third kappa shape index (κ3) is 4.31. The van der Waals surface area contributed by atoms with Crippen molar-refractivity contribution in [3.05, 3.63) is 18.0 Å². The number of nitrogens with one attached hydrogen (secondary N) is 1. The largest absolute Gasteiger partial charge is 0.350 e. The molecular weight excluding hydrogens is 252 g/mol. The summed E-state index contributed by atoms with van der Waals surface area (Å²) >= 11 is 0. The molecule has 0 aromatic carbocycles. The topological polar surface area (TPSA) is 72.9 Å². The molecule has 6 heteroatoms. The Kier molecular flexibility index (Phi) is 6.94. The summed E-state index contributed by atoms with van der Waals surface area (Å²) in [5.41, 5.74) is 6.39. The molecule has 3 N–H and O–H groups in total. The normalized spacial score (nSPS) is 10.9. The number of aryl methyl sites for hydroxylation is 1. The van der Waals surface area contributed by atoms with Crippen molar-refractivity contribution in [3.8, 4) is 0 Å². The molecule has 0 fully saturated rings. The van der Waals surface area contributed by atoms with Crippen molar-refractivity contribution in [1.29, 1.82) is 0 Å². The quantitative estimate of drug-likeness (QED) is 0.827. The third-order valence-electron chi connectivity index (χ3n) is 3.23. The zero-order valence-corrected chi connectivity index (χ0v) is 12.1. The van der Waals surface area contributed by atoms with Crippen LogP contribution in [-0.4, -0.2) is 27.8 Å². The molecule has 1 aromatic heterocycles. The van der Waals surface area contributed by atoms with E-state index in [2.05, 4.69) is 10.4 Å². The number of nitrogens with zero attached hydrogens (tertiary/aromatic N) is 2. The predicted molar refractivity (Wildman–Crippen MR) is 75.0 cm³/mol. The molecule has 104 valence electrons. The first-order valence-electron chi connectivity index (χ1n) is 6.14. The average molecular weight is 275 g/mol. The third-order valence-corrected chi connectivity index (χ3v) is 3.23. The minimum absolute atomic E-state index is 0. The SMILES string of the molecule is CCn1cc(C(=O)NCC(N)(CC)CC)cn1.Cl. The van der Waals surface area contributed by atoms with Gasteiger partial charge >= 0.3 is 0 Å². The highest BCUT2D eigenvalue weighted by atomic mass is 35.5. The summed E-state index contributed by atoms with van der Waals surface area (Å²) in [6.45, 7) is 7.30. The van der Waals surface area contributed by atoms with Gasteiger partial charge in [0.15, 0.2) is 0 Å². The zero-order chi connectivity index (χ0) is 12.9. The maximum absolute atomic E-state index is 11.8. The number of hydrogen-bond acceptors (Lipinski definition) is 3. The fourth-order valence-electron chi connectivity index (χ4n) is 1.51. The molecule has 0 atom stereocenters. The van der Waals surface area contributed by atoms with Crippen LogP contribution in [0.1, 0.15) is 44.0 Å². The molecule has 0 radical (unpaired) electrons. The van der Waals surface area contributed by atoms with E-state index in [0.717, 1.165) is 19.4 Å². The van der Waals surface area contributed by atoms with Crippen LogP contribution in [0.2, 0.25) is 0 Å². The maximum atomic E-state index is 11.8. The molecule has 0 saturated carbocycles. The minimum Gasteiger partial charge on any atom is -0.350 e. The fourth-order valence-corrected chi connectivity index (χ4v) is 1.51. The van der Waals surface area contributed by atoms with Gasteiger partial charge in [-0.2, -0.15) is 5.10 Å². The van der Waals surface area contributed by atoms with Gasteiger partial charge in [0.05, 0.1) is 11.8 Å². The first kappa shape index (κ1) is 16.9. The van der Waals surface area contributed by atoms with E-state index < -0.39 is 0 Å². The van der Waals surface area contributed by atoms with Gasteiger partial charge < -0.3 is 11.1 Å². The molecule has 0 unspecified atom stereocenters. The molecule has 0 aliphatic rings. The van der Waals surface area contributed by atoms with Gasteiger partial charge in [0.25, 0.3) is 5.91 Å². The van der Waals surface area contributed by atoms with Gasteiger partial charge in [-0.15, -0.1) is 12.4 Å². The van der Waals surface area contributed by atoms with Crippen LogP contribution in [0, 0.1) is 0 Å². The summed E-state index contributed by atoms with van der Waals surface area (Å²) < 4.78 is 1.73. The Morgan fingerprint density at radius 3 is 2.50 bits per heavy atom. The molecule has 0 aliphatic heterocycles. The number of hydrogen-bond donors (Lipinski definition) is 2. The molecule has 0 saturated heterocycles. The molecule has 0 bridgehead atoms. The monoisotopic (exact) mass is 274 g/mol.